The van der Waals surface area contributed by atoms with Gasteiger partial charge in [0.15, 0.2) is 0 Å². The van der Waals surface area contributed by atoms with Gasteiger partial charge in [-0.2, -0.15) is 0 Å². The van der Waals surface area contributed by atoms with Crippen LogP contribution >= 0.6 is 0 Å². The first-order valence-corrected chi connectivity index (χ1v) is 9.68. The minimum Gasteiger partial charge on any atom is -0.497 e. The molecular weight excluding hydrogens is 338 g/mol. The number of rotatable bonds is 7. The van der Waals surface area contributed by atoms with Crippen LogP contribution in [0.5, 0.6) is 5.75 Å². The standard InChI is InChI=1S/C23H31NO3/c1-24(2)16-20-15-22(27-17-18-7-5-4-6-8-18)13-14-23(20,25)19-9-11-21(26-3)12-10-19/h4-12,20,22,25H,13-17H2,1-3H3. The highest BCUT2D eigenvalue weighted by atomic mass is 16.5. The van der Waals surface area contributed by atoms with Gasteiger partial charge in [0.05, 0.1) is 25.4 Å². The lowest BCUT2D eigenvalue weighted by Gasteiger charge is -2.44. The van der Waals surface area contributed by atoms with Crippen LogP contribution in [0.4, 0.5) is 0 Å². The molecule has 1 aliphatic rings. The van der Waals surface area contributed by atoms with Crippen molar-refractivity contribution in [1.29, 1.82) is 0 Å². The van der Waals surface area contributed by atoms with E-state index >= 15 is 0 Å². The lowest BCUT2D eigenvalue weighted by Crippen LogP contribution is -2.46. The van der Waals surface area contributed by atoms with Gasteiger partial charge in [-0.1, -0.05) is 42.5 Å². The molecule has 0 bridgehead atoms. The van der Waals surface area contributed by atoms with Gasteiger partial charge in [-0.3, -0.25) is 0 Å². The van der Waals surface area contributed by atoms with E-state index in [1.165, 1.54) is 5.56 Å². The molecule has 3 atom stereocenters. The molecule has 3 rings (SSSR count). The lowest BCUT2D eigenvalue weighted by molar-refractivity contribution is -0.110. The number of ether oxygens (including phenoxy) is 2. The molecule has 0 radical (unpaired) electrons. The molecule has 3 unspecified atom stereocenters. The quantitative estimate of drug-likeness (QED) is 0.805. The maximum Gasteiger partial charge on any atom is 0.118 e. The van der Waals surface area contributed by atoms with E-state index in [2.05, 4.69) is 31.1 Å². The minimum absolute atomic E-state index is 0.121. The van der Waals surface area contributed by atoms with E-state index in [4.69, 9.17) is 9.47 Å². The Kier molecular flexibility index (Phi) is 6.53. The summed E-state index contributed by atoms with van der Waals surface area (Å²) < 4.78 is 11.5. The maximum absolute atomic E-state index is 11.6. The molecule has 0 saturated heterocycles. The average molecular weight is 370 g/mol. The van der Waals surface area contributed by atoms with Crippen LogP contribution in [0.3, 0.4) is 0 Å². The van der Waals surface area contributed by atoms with Crippen LogP contribution < -0.4 is 4.74 Å². The van der Waals surface area contributed by atoms with Gasteiger partial charge in [-0.05, 0) is 56.6 Å². The Morgan fingerprint density at radius 3 is 2.41 bits per heavy atom. The van der Waals surface area contributed by atoms with E-state index in [-0.39, 0.29) is 12.0 Å². The van der Waals surface area contributed by atoms with Crippen LogP contribution in [0.1, 0.15) is 30.4 Å². The third-order valence-electron chi connectivity index (χ3n) is 5.57. The summed E-state index contributed by atoms with van der Waals surface area (Å²) in [5.74, 6) is 0.932. The Balaban J connectivity index is 1.71. The monoisotopic (exact) mass is 369 g/mol. The first-order chi connectivity index (χ1) is 13.0. The van der Waals surface area contributed by atoms with Gasteiger partial charge in [0.1, 0.15) is 5.75 Å². The SMILES string of the molecule is COc1ccc(C2(O)CCC(OCc3ccccc3)CC2CN(C)C)cc1. The number of nitrogens with zero attached hydrogens (tertiary/aromatic N) is 1. The fourth-order valence-corrected chi connectivity index (χ4v) is 4.08. The van der Waals surface area contributed by atoms with E-state index in [0.29, 0.717) is 13.0 Å². The molecule has 4 heteroatoms. The summed E-state index contributed by atoms with van der Waals surface area (Å²) in [7, 11) is 5.78. The Bertz CT molecular complexity index is 701. The van der Waals surface area contributed by atoms with Gasteiger partial charge in [0, 0.05) is 12.5 Å². The van der Waals surface area contributed by atoms with E-state index in [1.807, 2.05) is 42.5 Å². The molecule has 1 saturated carbocycles. The summed E-state index contributed by atoms with van der Waals surface area (Å²) in [6, 6.07) is 18.1. The smallest absolute Gasteiger partial charge is 0.118 e. The molecule has 2 aromatic carbocycles. The summed E-state index contributed by atoms with van der Waals surface area (Å²) in [5, 5.41) is 11.6. The zero-order chi connectivity index (χ0) is 19.3. The molecule has 1 aliphatic carbocycles. The summed E-state index contributed by atoms with van der Waals surface area (Å²) in [5.41, 5.74) is 1.33. The van der Waals surface area contributed by atoms with Crippen LogP contribution in [-0.4, -0.2) is 43.9 Å². The van der Waals surface area contributed by atoms with Crippen LogP contribution in [0, 0.1) is 5.92 Å². The van der Waals surface area contributed by atoms with Gasteiger partial charge in [0.25, 0.3) is 0 Å². The highest BCUT2D eigenvalue weighted by Crippen LogP contribution is 2.43. The highest BCUT2D eigenvalue weighted by Gasteiger charge is 2.43. The molecule has 0 aromatic heterocycles. The third-order valence-corrected chi connectivity index (χ3v) is 5.57. The van der Waals surface area contributed by atoms with Crippen molar-refractivity contribution in [3.63, 3.8) is 0 Å². The third kappa shape index (κ3) is 4.89. The van der Waals surface area contributed by atoms with Gasteiger partial charge in [-0.15, -0.1) is 0 Å². The normalized spacial score (nSPS) is 25.5. The topological polar surface area (TPSA) is 41.9 Å². The Hall–Kier alpha value is -1.88. The van der Waals surface area contributed by atoms with E-state index in [9.17, 15) is 5.11 Å². The van der Waals surface area contributed by atoms with E-state index in [0.717, 1.165) is 30.7 Å². The van der Waals surface area contributed by atoms with Crippen LogP contribution in [0.2, 0.25) is 0 Å². The van der Waals surface area contributed by atoms with Crippen molar-refractivity contribution in [2.75, 3.05) is 27.7 Å². The van der Waals surface area contributed by atoms with Crippen LogP contribution in [-0.2, 0) is 16.9 Å². The zero-order valence-corrected chi connectivity index (χ0v) is 16.6. The first kappa shape index (κ1) is 19.9. The highest BCUT2D eigenvalue weighted by molar-refractivity contribution is 5.32. The molecule has 0 spiro atoms. The predicted octanol–water partition coefficient (Wildman–Crippen LogP) is 3.83. The molecule has 0 amide bonds. The Morgan fingerprint density at radius 1 is 1.07 bits per heavy atom. The molecular formula is C23H31NO3. The van der Waals surface area contributed by atoms with Gasteiger partial charge < -0.3 is 19.5 Å². The second kappa shape index (κ2) is 8.87. The lowest BCUT2D eigenvalue weighted by atomic mass is 9.70. The molecule has 1 N–H and O–H groups in total. The van der Waals surface area contributed by atoms with Crippen molar-refractivity contribution in [1.82, 2.24) is 4.90 Å². The van der Waals surface area contributed by atoms with Crippen molar-refractivity contribution in [2.45, 2.75) is 37.6 Å². The average Bonchev–Trinajstić information content (AvgIpc) is 2.69. The number of hydrogen-bond donors (Lipinski definition) is 1. The van der Waals surface area contributed by atoms with Gasteiger partial charge in [-0.25, -0.2) is 0 Å². The zero-order valence-electron chi connectivity index (χ0n) is 16.6. The predicted molar refractivity (Wildman–Crippen MR) is 108 cm³/mol. The molecule has 27 heavy (non-hydrogen) atoms. The maximum atomic E-state index is 11.6. The number of methoxy groups -OCH3 is 1. The fourth-order valence-electron chi connectivity index (χ4n) is 4.08. The van der Waals surface area contributed by atoms with Crippen LogP contribution in [0.25, 0.3) is 0 Å². The fraction of sp³-hybridized carbons (Fsp3) is 0.478. The summed E-state index contributed by atoms with van der Waals surface area (Å²) in [6.45, 7) is 1.45. The Labute approximate surface area is 162 Å². The molecule has 0 aliphatic heterocycles. The van der Waals surface area contributed by atoms with Crippen molar-refractivity contribution in [3.05, 3.63) is 65.7 Å². The molecule has 0 heterocycles. The van der Waals surface area contributed by atoms with Crippen molar-refractivity contribution < 1.29 is 14.6 Å². The minimum atomic E-state index is -0.830. The molecule has 4 nitrogen and oxygen atoms in total. The second-order valence-electron chi connectivity index (χ2n) is 7.80. The van der Waals surface area contributed by atoms with Crippen molar-refractivity contribution in [2.24, 2.45) is 5.92 Å². The summed E-state index contributed by atoms with van der Waals surface area (Å²) in [6.07, 6.45) is 2.60. The van der Waals surface area contributed by atoms with E-state index < -0.39 is 5.60 Å². The second-order valence-corrected chi connectivity index (χ2v) is 7.80. The molecule has 146 valence electrons. The van der Waals surface area contributed by atoms with Gasteiger partial charge >= 0.3 is 0 Å². The van der Waals surface area contributed by atoms with Crippen molar-refractivity contribution >= 4 is 0 Å². The summed E-state index contributed by atoms with van der Waals surface area (Å²) in [4.78, 5) is 2.15. The summed E-state index contributed by atoms with van der Waals surface area (Å²) >= 11 is 0. The van der Waals surface area contributed by atoms with Crippen LogP contribution in [0.15, 0.2) is 54.6 Å². The Morgan fingerprint density at radius 2 is 1.78 bits per heavy atom. The number of hydrogen-bond acceptors (Lipinski definition) is 4. The largest absolute Gasteiger partial charge is 0.497 e. The number of aliphatic hydroxyl groups is 1. The van der Waals surface area contributed by atoms with E-state index in [1.54, 1.807) is 7.11 Å². The molecule has 1 fully saturated rings. The molecule has 2 aromatic rings. The number of benzene rings is 2. The van der Waals surface area contributed by atoms with Gasteiger partial charge in [0.2, 0.25) is 0 Å². The van der Waals surface area contributed by atoms with Crippen molar-refractivity contribution in [3.8, 4) is 5.75 Å². The first-order valence-electron chi connectivity index (χ1n) is 9.68.